The lowest BCUT2D eigenvalue weighted by Crippen LogP contribution is -2.52. The van der Waals surface area contributed by atoms with E-state index in [2.05, 4.69) is 5.32 Å². The zero-order valence-electron chi connectivity index (χ0n) is 15.6. The molecule has 2 amide bonds. The van der Waals surface area contributed by atoms with Gasteiger partial charge in [-0.25, -0.2) is 0 Å². The van der Waals surface area contributed by atoms with Crippen LogP contribution in [0.25, 0.3) is 0 Å². The van der Waals surface area contributed by atoms with E-state index in [0.29, 0.717) is 31.8 Å². The lowest BCUT2D eigenvalue weighted by atomic mass is 10.0. The van der Waals surface area contributed by atoms with Crippen molar-refractivity contribution in [2.75, 3.05) is 19.6 Å². The van der Waals surface area contributed by atoms with Crippen LogP contribution in [0.5, 0.6) is 5.75 Å². The van der Waals surface area contributed by atoms with Crippen molar-refractivity contribution in [2.24, 2.45) is 5.73 Å². The Morgan fingerprint density at radius 1 is 1.31 bits per heavy atom. The van der Waals surface area contributed by atoms with Gasteiger partial charge in [0.25, 0.3) is 5.91 Å². The maximum atomic E-state index is 12.8. The average molecular weight is 384 g/mol. The van der Waals surface area contributed by atoms with Crippen LogP contribution in [-0.4, -0.2) is 48.5 Å². The van der Waals surface area contributed by atoms with Crippen LogP contribution in [-0.2, 0) is 9.59 Å². The number of amides is 2. The molecule has 3 N–H and O–H groups in total. The summed E-state index contributed by atoms with van der Waals surface area (Å²) in [5.41, 5.74) is 6.54. The van der Waals surface area contributed by atoms with E-state index < -0.39 is 6.10 Å². The standard InChI is InChI=1S/C19H29N3O3.ClH/c1-14-6-8-17(9-7-14)25-15(2)19(24)22-12-4-3-5-16(22)13-21-18(23)10-11-20;/h6-9,15-16H,3-5,10-13,20H2,1-2H3,(H,21,23);1H. The van der Waals surface area contributed by atoms with Gasteiger partial charge in [0, 0.05) is 32.1 Å². The fourth-order valence-corrected chi connectivity index (χ4v) is 3.06. The highest BCUT2D eigenvalue weighted by Gasteiger charge is 2.30. The van der Waals surface area contributed by atoms with E-state index in [1.165, 1.54) is 0 Å². The number of aryl methyl sites for hydroxylation is 1. The van der Waals surface area contributed by atoms with E-state index in [1.54, 1.807) is 6.92 Å². The van der Waals surface area contributed by atoms with Crippen molar-refractivity contribution in [3.63, 3.8) is 0 Å². The molecule has 1 aliphatic rings. The molecule has 1 aliphatic heterocycles. The van der Waals surface area contributed by atoms with Crippen LogP contribution in [0.4, 0.5) is 0 Å². The molecule has 0 aliphatic carbocycles. The summed E-state index contributed by atoms with van der Waals surface area (Å²) in [7, 11) is 0. The molecule has 1 heterocycles. The van der Waals surface area contributed by atoms with Crippen LogP contribution in [0.3, 0.4) is 0 Å². The Morgan fingerprint density at radius 3 is 2.65 bits per heavy atom. The van der Waals surface area contributed by atoms with Gasteiger partial charge in [-0.3, -0.25) is 9.59 Å². The van der Waals surface area contributed by atoms with Crippen LogP contribution in [0.2, 0.25) is 0 Å². The van der Waals surface area contributed by atoms with E-state index >= 15 is 0 Å². The Hall–Kier alpha value is -1.79. The van der Waals surface area contributed by atoms with E-state index in [-0.39, 0.29) is 30.3 Å². The number of benzene rings is 1. The second-order valence-corrected chi connectivity index (χ2v) is 6.60. The molecule has 2 unspecified atom stereocenters. The number of carbonyl (C=O) groups excluding carboxylic acids is 2. The number of piperidine rings is 1. The Morgan fingerprint density at radius 2 is 2.00 bits per heavy atom. The molecule has 26 heavy (non-hydrogen) atoms. The molecule has 1 fully saturated rings. The largest absolute Gasteiger partial charge is 0.481 e. The molecule has 0 aromatic heterocycles. The van der Waals surface area contributed by atoms with Crippen molar-refractivity contribution in [3.05, 3.63) is 29.8 Å². The molecule has 2 atom stereocenters. The Balaban J connectivity index is 0.00000338. The quantitative estimate of drug-likeness (QED) is 0.754. The van der Waals surface area contributed by atoms with Crippen molar-refractivity contribution < 1.29 is 14.3 Å². The summed E-state index contributed by atoms with van der Waals surface area (Å²) in [6, 6.07) is 7.69. The highest BCUT2D eigenvalue weighted by Crippen LogP contribution is 2.20. The third kappa shape index (κ3) is 6.50. The first-order chi connectivity index (χ1) is 12.0. The summed E-state index contributed by atoms with van der Waals surface area (Å²) in [5, 5.41) is 2.88. The maximum Gasteiger partial charge on any atom is 0.263 e. The van der Waals surface area contributed by atoms with Gasteiger partial charge >= 0.3 is 0 Å². The first-order valence-corrected chi connectivity index (χ1v) is 9.02. The average Bonchev–Trinajstić information content (AvgIpc) is 2.62. The van der Waals surface area contributed by atoms with E-state index in [1.807, 2.05) is 36.1 Å². The van der Waals surface area contributed by atoms with E-state index in [4.69, 9.17) is 10.5 Å². The molecular weight excluding hydrogens is 354 g/mol. The van der Waals surface area contributed by atoms with Gasteiger partial charge in [-0.15, -0.1) is 12.4 Å². The first kappa shape index (κ1) is 22.3. The maximum absolute atomic E-state index is 12.8. The lowest BCUT2D eigenvalue weighted by Gasteiger charge is -2.37. The van der Waals surface area contributed by atoms with Crippen LogP contribution < -0.4 is 15.8 Å². The van der Waals surface area contributed by atoms with E-state index in [9.17, 15) is 9.59 Å². The number of halogens is 1. The molecule has 2 rings (SSSR count). The first-order valence-electron chi connectivity index (χ1n) is 9.02. The number of nitrogens with one attached hydrogen (secondary N) is 1. The molecule has 1 saturated heterocycles. The van der Waals surface area contributed by atoms with Crippen molar-refractivity contribution in [1.82, 2.24) is 10.2 Å². The topological polar surface area (TPSA) is 84.7 Å². The van der Waals surface area contributed by atoms with Gasteiger partial charge in [-0.1, -0.05) is 17.7 Å². The second kappa shape index (κ2) is 11.0. The number of nitrogens with zero attached hydrogens (tertiary/aromatic N) is 1. The van der Waals surface area contributed by atoms with Crippen molar-refractivity contribution in [3.8, 4) is 5.75 Å². The van der Waals surface area contributed by atoms with Gasteiger partial charge in [0.2, 0.25) is 5.91 Å². The summed E-state index contributed by atoms with van der Waals surface area (Å²) in [6.45, 7) is 5.30. The van der Waals surface area contributed by atoms with Gasteiger partial charge in [0.15, 0.2) is 6.10 Å². The monoisotopic (exact) mass is 383 g/mol. The van der Waals surface area contributed by atoms with Crippen LogP contribution in [0.15, 0.2) is 24.3 Å². The predicted octanol–water partition coefficient (Wildman–Crippen LogP) is 2.03. The summed E-state index contributed by atoms with van der Waals surface area (Å²) in [5.74, 6) is 0.596. The molecule has 1 aromatic carbocycles. The molecule has 0 saturated carbocycles. The normalized spacial score (nSPS) is 17.8. The third-order valence-corrected chi connectivity index (χ3v) is 4.50. The number of rotatable bonds is 7. The van der Waals surface area contributed by atoms with Crippen molar-refractivity contribution in [1.29, 1.82) is 0 Å². The highest BCUT2D eigenvalue weighted by molar-refractivity contribution is 5.85. The Kier molecular flexibility index (Phi) is 9.44. The molecule has 0 radical (unpaired) electrons. The Labute approximate surface area is 161 Å². The summed E-state index contributed by atoms with van der Waals surface area (Å²) < 4.78 is 5.80. The third-order valence-electron chi connectivity index (χ3n) is 4.50. The molecule has 6 nitrogen and oxygen atoms in total. The molecule has 7 heteroatoms. The van der Waals surface area contributed by atoms with Crippen LogP contribution in [0, 0.1) is 6.92 Å². The second-order valence-electron chi connectivity index (χ2n) is 6.60. The summed E-state index contributed by atoms with van der Waals surface area (Å²) >= 11 is 0. The number of hydrogen-bond acceptors (Lipinski definition) is 4. The van der Waals surface area contributed by atoms with Gasteiger partial charge in [-0.2, -0.15) is 0 Å². The molecule has 146 valence electrons. The number of ether oxygens (including phenoxy) is 1. The smallest absolute Gasteiger partial charge is 0.263 e. The summed E-state index contributed by atoms with van der Waals surface area (Å²) in [4.78, 5) is 26.3. The predicted molar refractivity (Wildman–Crippen MR) is 105 cm³/mol. The zero-order valence-corrected chi connectivity index (χ0v) is 16.4. The minimum Gasteiger partial charge on any atom is -0.481 e. The highest BCUT2D eigenvalue weighted by atomic mass is 35.5. The number of hydrogen-bond donors (Lipinski definition) is 2. The minimum absolute atomic E-state index is 0. The van der Waals surface area contributed by atoms with Gasteiger partial charge in [-0.05, 0) is 45.2 Å². The van der Waals surface area contributed by atoms with Crippen molar-refractivity contribution >= 4 is 24.2 Å². The van der Waals surface area contributed by atoms with Gasteiger partial charge in [0.1, 0.15) is 5.75 Å². The van der Waals surface area contributed by atoms with Crippen molar-refractivity contribution in [2.45, 2.75) is 51.7 Å². The SMILES string of the molecule is Cc1ccc(OC(C)C(=O)N2CCCCC2CNC(=O)CCN)cc1.Cl. The Bertz CT molecular complexity index is 580. The lowest BCUT2D eigenvalue weighted by molar-refractivity contribution is -0.142. The molecule has 0 bridgehead atoms. The van der Waals surface area contributed by atoms with Gasteiger partial charge in [0.05, 0.1) is 0 Å². The number of nitrogens with two attached hydrogens (primary N) is 1. The fraction of sp³-hybridized carbons (Fsp3) is 0.579. The molecular formula is C19H30ClN3O3. The van der Waals surface area contributed by atoms with Gasteiger partial charge < -0.3 is 20.7 Å². The number of likely N-dealkylation sites (tertiary alicyclic amines) is 1. The fourth-order valence-electron chi connectivity index (χ4n) is 3.06. The van der Waals surface area contributed by atoms with E-state index in [0.717, 1.165) is 24.8 Å². The number of carbonyl (C=O) groups is 2. The minimum atomic E-state index is -0.553. The van der Waals surface area contributed by atoms with Crippen LogP contribution in [0.1, 0.15) is 38.2 Å². The zero-order chi connectivity index (χ0) is 18.2. The summed E-state index contributed by atoms with van der Waals surface area (Å²) in [6.07, 6.45) is 2.70. The molecule has 0 spiro atoms. The molecule has 1 aromatic rings. The van der Waals surface area contributed by atoms with Crippen LogP contribution >= 0.6 is 12.4 Å².